The van der Waals surface area contributed by atoms with Gasteiger partial charge in [-0.15, -0.1) is 0 Å². The zero-order valence-corrected chi connectivity index (χ0v) is 13.0. The fourth-order valence-electron chi connectivity index (χ4n) is 1.50. The predicted octanol–water partition coefficient (Wildman–Crippen LogP) is 5.39. The van der Waals surface area contributed by atoms with E-state index >= 15 is 0 Å². The molecule has 0 heterocycles. The van der Waals surface area contributed by atoms with Crippen LogP contribution in [0.4, 0.5) is 0 Å². The molecule has 1 nitrogen and oxygen atoms in total. The van der Waals surface area contributed by atoms with Crippen LogP contribution >= 0.6 is 39.3 Å². The molecule has 2 aromatic rings. The molecule has 0 N–H and O–H groups in total. The summed E-state index contributed by atoms with van der Waals surface area (Å²) in [6.45, 7) is 0. The summed E-state index contributed by atoms with van der Waals surface area (Å²) >= 11 is 11.3. The molecule has 0 fully saturated rings. The summed E-state index contributed by atoms with van der Waals surface area (Å²) in [5.74, 6) is 0.864. The molecule has 0 aromatic heterocycles. The number of halogens is 2. The molecular formula is C14H12BrClOS. The Morgan fingerprint density at radius 3 is 2.61 bits per heavy atom. The van der Waals surface area contributed by atoms with Crippen LogP contribution in [-0.4, -0.2) is 7.11 Å². The van der Waals surface area contributed by atoms with Crippen molar-refractivity contribution in [2.24, 2.45) is 0 Å². The van der Waals surface area contributed by atoms with Gasteiger partial charge in [0.05, 0.1) is 7.11 Å². The van der Waals surface area contributed by atoms with Crippen molar-refractivity contribution in [3.05, 3.63) is 53.1 Å². The van der Waals surface area contributed by atoms with Gasteiger partial charge in [0.25, 0.3) is 0 Å². The van der Waals surface area contributed by atoms with Gasteiger partial charge in [-0.25, -0.2) is 0 Å². The van der Waals surface area contributed by atoms with Gasteiger partial charge in [-0.2, -0.15) is 0 Å². The summed E-state index contributed by atoms with van der Waals surface area (Å²) in [4.78, 5) is 2.26. The van der Waals surface area contributed by atoms with Gasteiger partial charge in [-0.3, -0.25) is 0 Å². The minimum Gasteiger partial charge on any atom is -0.497 e. The third kappa shape index (κ3) is 3.44. The molecule has 0 aliphatic heterocycles. The van der Waals surface area contributed by atoms with Crippen LogP contribution in [0.5, 0.6) is 5.75 Å². The predicted molar refractivity (Wildman–Crippen MR) is 81.2 cm³/mol. The Labute approximate surface area is 125 Å². The van der Waals surface area contributed by atoms with Gasteiger partial charge in [0.1, 0.15) is 5.75 Å². The fraction of sp³-hybridized carbons (Fsp3) is 0.143. The maximum atomic E-state index is 6.19. The van der Waals surface area contributed by atoms with E-state index < -0.39 is 0 Å². The van der Waals surface area contributed by atoms with E-state index in [1.54, 1.807) is 18.9 Å². The van der Waals surface area contributed by atoms with Gasteiger partial charge < -0.3 is 4.74 Å². The molecule has 0 aliphatic rings. The lowest BCUT2D eigenvalue weighted by Gasteiger charge is -2.06. The van der Waals surface area contributed by atoms with Crippen LogP contribution in [-0.2, 0) is 5.33 Å². The van der Waals surface area contributed by atoms with Gasteiger partial charge in [0, 0.05) is 20.1 Å². The number of benzene rings is 2. The van der Waals surface area contributed by atoms with E-state index in [2.05, 4.69) is 28.1 Å². The lowest BCUT2D eigenvalue weighted by molar-refractivity contribution is 0.413. The van der Waals surface area contributed by atoms with Crippen LogP contribution in [0.3, 0.4) is 0 Å². The van der Waals surface area contributed by atoms with E-state index in [0.29, 0.717) is 0 Å². The van der Waals surface area contributed by atoms with Crippen molar-refractivity contribution >= 4 is 39.3 Å². The molecule has 2 aromatic carbocycles. The van der Waals surface area contributed by atoms with Crippen molar-refractivity contribution in [3.8, 4) is 5.75 Å². The summed E-state index contributed by atoms with van der Waals surface area (Å²) in [7, 11) is 1.67. The highest BCUT2D eigenvalue weighted by Crippen LogP contribution is 2.32. The molecule has 94 valence electrons. The van der Waals surface area contributed by atoms with E-state index in [-0.39, 0.29) is 0 Å². The fourth-order valence-corrected chi connectivity index (χ4v) is 3.37. The maximum absolute atomic E-state index is 6.19. The summed E-state index contributed by atoms with van der Waals surface area (Å²) in [5.41, 5.74) is 1.10. The number of rotatable bonds is 4. The van der Waals surface area contributed by atoms with Gasteiger partial charge in [0.2, 0.25) is 0 Å². The molecule has 4 heteroatoms. The van der Waals surface area contributed by atoms with Gasteiger partial charge >= 0.3 is 0 Å². The Kier molecular flexibility index (Phi) is 4.98. The SMILES string of the molecule is COc1cccc(Sc2ccc(CBr)c(Cl)c2)c1. The average molecular weight is 344 g/mol. The van der Waals surface area contributed by atoms with Crippen LogP contribution in [0, 0.1) is 0 Å². The highest BCUT2D eigenvalue weighted by atomic mass is 79.9. The average Bonchev–Trinajstić information content (AvgIpc) is 2.39. The second-order valence-corrected chi connectivity index (χ2v) is 5.78. The zero-order chi connectivity index (χ0) is 13.0. The normalized spacial score (nSPS) is 10.4. The second-order valence-electron chi connectivity index (χ2n) is 3.67. The number of hydrogen-bond acceptors (Lipinski definition) is 2. The molecule has 0 amide bonds. The van der Waals surface area contributed by atoms with Gasteiger partial charge in [-0.05, 0) is 35.9 Å². The topological polar surface area (TPSA) is 9.23 Å². The standard InChI is InChI=1S/C14H12BrClOS/c1-17-11-3-2-4-12(7-11)18-13-6-5-10(9-15)14(16)8-13/h2-8H,9H2,1H3. The highest BCUT2D eigenvalue weighted by Gasteiger charge is 2.03. The van der Waals surface area contributed by atoms with Crippen molar-refractivity contribution in [3.63, 3.8) is 0 Å². The first-order valence-electron chi connectivity index (χ1n) is 5.39. The molecule has 0 bridgehead atoms. The van der Waals surface area contributed by atoms with Crippen molar-refractivity contribution in [1.82, 2.24) is 0 Å². The number of hydrogen-bond donors (Lipinski definition) is 0. The van der Waals surface area contributed by atoms with E-state index in [4.69, 9.17) is 16.3 Å². The molecule has 0 unspecified atom stereocenters. The zero-order valence-electron chi connectivity index (χ0n) is 9.82. The lowest BCUT2D eigenvalue weighted by Crippen LogP contribution is -1.83. The van der Waals surface area contributed by atoms with Crippen molar-refractivity contribution in [2.45, 2.75) is 15.1 Å². The molecule has 0 saturated carbocycles. The molecule has 0 aliphatic carbocycles. The molecule has 0 saturated heterocycles. The van der Waals surface area contributed by atoms with Crippen molar-refractivity contribution < 1.29 is 4.74 Å². The third-order valence-electron chi connectivity index (χ3n) is 2.45. The second kappa shape index (κ2) is 6.50. The Morgan fingerprint density at radius 2 is 1.94 bits per heavy atom. The Hall–Kier alpha value is -0.640. The molecule has 0 atom stereocenters. The first-order chi connectivity index (χ1) is 8.72. The Bertz CT molecular complexity index is 545. The van der Waals surface area contributed by atoms with E-state index in [1.165, 1.54) is 0 Å². The van der Waals surface area contributed by atoms with Crippen molar-refractivity contribution in [2.75, 3.05) is 7.11 Å². The van der Waals surface area contributed by atoms with Gasteiger partial charge in [0.15, 0.2) is 0 Å². The maximum Gasteiger partial charge on any atom is 0.119 e. The molecule has 2 rings (SSSR count). The number of ether oxygens (including phenoxy) is 1. The molecule has 0 spiro atoms. The van der Waals surface area contributed by atoms with E-state index in [9.17, 15) is 0 Å². The highest BCUT2D eigenvalue weighted by molar-refractivity contribution is 9.08. The van der Waals surface area contributed by atoms with Gasteiger partial charge in [-0.1, -0.05) is 51.4 Å². The number of methoxy groups -OCH3 is 1. The number of alkyl halides is 1. The van der Waals surface area contributed by atoms with Crippen LogP contribution in [0.15, 0.2) is 52.3 Å². The first kappa shape index (κ1) is 13.8. The van der Waals surface area contributed by atoms with Crippen LogP contribution in [0.2, 0.25) is 5.02 Å². The minimum absolute atomic E-state index is 0.774. The molecule has 18 heavy (non-hydrogen) atoms. The lowest BCUT2D eigenvalue weighted by atomic mass is 10.2. The van der Waals surface area contributed by atoms with E-state index in [0.717, 1.165) is 31.5 Å². The van der Waals surface area contributed by atoms with Crippen LogP contribution < -0.4 is 4.74 Å². The Balaban J connectivity index is 2.20. The quantitative estimate of drug-likeness (QED) is 0.688. The first-order valence-corrected chi connectivity index (χ1v) is 7.71. The van der Waals surface area contributed by atoms with Crippen LogP contribution in [0.1, 0.15) is 5.56 Å². The smallest absolute Gasteiger partial charge is 0.119 e. The summed E-state index contributed by atoms with van der Waals surface area (Å²) in [6, 6.07) is 14.1. The van der Waals surface area contributed by atoms with Crippen LogP contribution in [0.25, 0.3) is 0 Å². The summed E-state index contributed by atoms with van der Waals surface area (Å²) in [5, 5.41) is 1.57. The summed E-state index contributed by atoms with van der Waals surface area (Å²) < 4.78 is 5.21. The van der Waals surface area contributed by atoms with E-state index in [1.807, 2.05) is 30.3 Å². The molecule has 0 radical (unpaired) electrons. The minimum atomic E-state index is 0.774. The third-order valence-corrected chi connectivity index (χ3v) is 4.38. The largest absolute Gasteiger partial charge is 0.497 e. The monoisotopic (exact) mass is 342 g/mol. The Morgan fingerprint density at radius 1 is 1.17 bits per heavy atom. The summed E-state index contributed by atoms with van der Waals surface area (Å²) in [6.07, 6.45) is 0. The van der Waals surface area contributed by atoms with Crippen molar-refractivity contribution in [1.29, 1.82) is 0 Å². The molecular weight excluding hydrogens is 332 g/mol.